The summed E-state index contributed by atoms with van der Waals surface area (Å²) in [6.07, 6.45) is 7.34. The van der Waals surface area contributed by atoms with Crippen LogP contribution in [0.5, 0.6) is 0 Å². The summed E-state index contributed by atoms with van der Waals surface area (Å²) < 4.78 is 1.85. The number of hydrogen-bond donors (Lipinski definition) is 2. The van der Waals surface area contributed by atoms with Crippen molar-refractivity contribution in [2.45, 2.75) is 25.3 Å². The predicted octanol–water partition coefficient (Wildman–Crippen LogP) is 2.70. The van der Waals surface area contributed by atoms with Crippen LogP contribution in [-0.4, -0.2) is 30.6 Å². The van der Waals surface area contributed by atoms with E-state index in [0.29, 0.717) is 18.1 Å². The minimum absolute atomic E-state index is 0.106. The highest BCUT2D eigenvalue weighted by molar-refractivity contribution is 5.78. The fourth-order valence-corrected chi connectivity index (χ4v) is 3.35. The van der Waals surface area contributed by atoms with Crippen molar-refractivity contribution in [3.63, 3.8) is 0 Å². The average Bonchev–Trinajstić information content (AvgIpc) is 3.20. The quantitative estimate of drug-likeness (QED) is 0.761. The second-order valence-corrected chi connectivity index (χ2v) is 6.06. The van der Waals surface area contributed by atoms with Crippen molar-refractivity contribution in [3.05, 3.63) is 66.0 Å². The summed E-state index contributed by atoms with van der Waals surface area (Å²) >= 11 is 0. The summed E-state index contributed by atoms with van der Waals surface area (Å²) in [4.78, 5) is 24.6. The maximum Gasteiger partial charge on any atom is 0.311 e. The van der Waals surface area contributed by atoms with E-state index in [4.69, 9.17) is 0 Å². The van der Waals surface area contributed by atoms with Crippen LogP contribution in [0.25, 0.3) is 5.82 Å². The third-order valence-corrected chi connectivity index (χ3v) is 4.53. The number of anilines is 1. The first-order valence-corrected chi connectivity index (χ1v) is 8.04. The molecule has 1 aromatic carbocycles. The fraction of sp³-hybridized carbons (Fsp3) is 0.222. The van der Waals surface area contributed by atoms with Crippen molar-refractivity contribution in [2.24, 2.45) is 0 Å². The van der Waals surface area contributed by atoms with Gasteiger partial charge in [0.25, 0.3) is 0 Å². The maximum absolute atomic E-state index is 11.5. The van der Waals surface area contributed by atoms with E-state index >= 15 is 0 Å². The summed E-state index contributed by atoms with van der Waals surface area (Å²) in [5.41, 5.74) is 1.86. The third kappa shape index (κ3) is 2.73. The summed E-state index contributed by atoms with van der Waals surface area (Å²) in [6.45, 7) is 1.90. The second kappa shape index (κ2) is 6.01. The molecule has 0 fully saturated rings. The van der Waals surface area contributed by atoms with Crippen LogP contribution in [-0.2, 0) is 4.79 Å². The lowest BCUT2D eigenvalue weighted by Gasteiger charge is -2.15. The molecule has 3 aromatic rings. The van der Waals surface area contributed by atoms with Crippen LogP contribution in [0.1, 0.15) is 35.3 Å². The van der Waals surface area contributed by atoms with Crippen LogP contribution in [0.2, 0.25) is 0 Å². The van der Waals surface area contributed by atoms with Gasteiger partial charge in [0.1, 0.15) is 11.6 Å². The molecule has 0 saturated heterocycles. The molecular weight excluding hydrogens is 318 g/mol. The first kappa shape index (κ1) is 15.3. The molecule has 7 nitrogen and oxygen atoms in total. The minimum atomic E-state index is -0.800. The molecule has 2 N–H and O–H groups in total. The van der Waals surface area contributed by atoms with Gasteiger partial charge in [-0.2, -0.15) is 0 Å². The highest BCUT2D eigenvalue weighted by Crippen LogP contribution is 2.41. The lowest BCUT2D eigenvalue weighted by molar-refractivity contribution is -0.138. The second-order valence-electron chi connectivity index (χ2n) is 6.06. The summed E-state index contributed by atoms with van der Waals surface area (Å²) in [6, 6.07) is 7.54. The van der Waals surface area contributed by atoms with Gasteiger partial charge in [-0.25, -0.2) is 9.97 Å². The first-order chi connectivity index (χ1) is 12.1. The number of imidazole rings is 1. The molecule has 2 atom stereocenters. The smallest absolute Gasteiger partial charge is 0.311 e. The molecule has 0 amide bonds. The number of carbonyl (C=O) groups is 1. The molecule has 7 heteroatoms. The van der Waals surface area contributed by atoms with Gasteiger partial charge in [-0.15, -0.1) is 0 Å². The lowest BCUT2D eigenvalue weighted by atomic mass is 10.0. The van der Waals surface area contributed by atoms with E-state index < -0.39 is 11.9 Å². The van der Waals surface area contributed by atoms with Crippen LogP contribution < -0.4 is 5.32 Å². The number of nitrogens with zero attached hydrogens (tertiary/aromatic N) is 4. The zero-order chi connectivity index (χ0) is 17.4. The monoisotopic (exact) mass is 335 g/mol. The molecule has 1 aliphatic carbocycles. The van der Waals surface area contributed by atoms with Gasteiger partial charge in [-0.3, -0.25) is 14.3 Å². The number of hydrogen-bond acceptors (Lipinski definition) is 5. The van der Waals surface area contributed by atoms with E-state index in [-0.39, 0.29) is 6.04 Å². The van der Waals surface area contributed by atoms with Gasteiger partial charge in [0, 0.05) is 12.4 Å². The molecule has 0 radical (unpaired) electrons. The van der Waals surface area contributed by atoms with Gasteiger partial charge >= 0.3 is 5.97 Å². The van der Waals surface area contributed by atoms with E-state index in [0.717, 1.165) is 17.0 Å². The molecule has 0 saturated carbocycles. The van der Waals surface area contributed by atoms with Crippen molar-refractivity contribution in [1.82, 2.24) is 19.5 Å². The van der Waals surface area contributed by atoms with Crippen LogP contribution in [0, 0.1) is 6.92 Å². The van der Waals surface area contributed by atoms with Gasteiger partial charge in [-0.1, -0.05) is 24.3 Å². The van der Waals surface area contributed by atoms with Crippen molar-refractivity contribution in [2.75, 3.05) is 5.32 Å². The molecule has 4 rings (SSSR count). The number of rotatable bonds is 4. The molecule has 0 spiro atoms. The Morgan fingerprint density at radius 3 is 2.80 bits per heavy atom. The molecule has 0 aliphatic heterocycles. The number of fused-ring (bicyclic) bond motifs is 1. The SMILES string of the molecule is Cc1nccn1-c1cncc(NC2CC(C(=O)O)c3ccccc32)n1. The molecule has 2 unspecified atom stereocenters. The summed E-state index contributed by atoms with van der Waals surface area (Å²) in [5.74, 6) is 0.799. The van der Waals surface area contributed by atoms with Crippen LogP contribution in [0.3, 0.4) is 0 Å². The number of carboxylic acids is 1. The minimum Gasteiger partial charge on any atom is -0.481 e. The summed E-state index contributed by atoms with van der Waals surface area (Å²) in [7, 11) is 0. The molecule has 25 heavy (non-hydrogen) atoms. The predicted molar refractivity (Wildman–Crippen MR) is 91.7 cm³/mol. The van der Waals surface area contributed by atoms with Crippen molar-refractivity contribution in [3.8, 4) is 5.82 Å². The Kier molecular flexibility index (Phi) is 3.68. The topological polar surface area (TPSA) is 92.9 Å². The number of nitrogens with one attached hydrogen (secondary N) is 1. The van der Waals surface area contributed by atoms with Gasteiger partial charge in [0.2, 0.25) is 0 Å². The number of carboxylic acid groups (broad SMARTS) is 1. The standard InChI is InChI=1S/C18H17N5O2/c1-11-20-6-7-23(11)17-10-19-9-16(22-17)21-15-8-14(18(24)25)12-4-2-3-5-13(12)15/h2-7,9-10,14-15H,8H2,1H3,(H,21,22)(H,24,25). The van der Waals surface area contributed by atoms with Gasteiger partial charge < -0.3 is 10.4 Å². The third-order valence-electron chi connectivity index (χ3n) is 4.53. The number of aliphatic carboxylic acids is 1. The summed E-state index contributed by atoms with van der Waals surface area (Å²) in [5, 5.41) is 12.8. The van der Waals surface area contributed by atoms with Crippen molar-refractivity contribution >= 4 is 11.8 Å². The maximum atomic E-state index is 11.5. The highest BCUT2D eigenvalue weighted by atomic mass is 16.4. The number of aromatic nitrogens is 4. The Bertz CT molecular complexity index is 936. The Labute approximate surface area is 144 Å². The van der Waals surface area contributed by atoms with Crippen LogP contribution >= 0.6 is 0 Å². The van der Waals surface area contributed by atoms with E-state index in [1.165, 1.54) is 0 Å². The van der Waals surface area contributed by atoms with Gasteiger partial charge in [-0.05, 0) is 24.5 Å². The number of benzene rings is 1. The first-order valence-electron chi connectivity index (χ1n) is 8.04. The van der Waals surface area contributed by atoms with Crippen LogP contribution in [0.15, 0.2) is 49.1 Å². The Morgan fingerprint density at radius 2 is 2.08 bits per heavy atom. The zero-order valence-corrected chi connectivity index (χ0v) is 13.6. The number of aryl methyl sites for hydroxylation is 1. The Morgan fingerprint density at radius 1 is 1.28 bits per heavy atom. The van der Waals surface area contributed by atoms with Gasteiger partial charge in [0.15, 0.2) is 5.82 Å². The van der Waals surface area contributed by atoms with E-state index in [1.54, 1.807) is 18.6 Å². The van der Waals surface area contributed by atoms with Crippen molar-refractivity contribution < 1.29 is 9.90 Å². The molecule has 2 aromatic heterocycles. The largest absolute Gasteiger partial charge is 0.481 e. The Balaban J connectivity index is 1.63. The molecule has 0 bridgehead atoms. The normalized spacial score (nSPS) is 18.8. The molecular formula is C18H17N5O2. The van der Waals surface area contributed by atoms with E-state index in [1.807, 2.05) is 42.0 Å². The fourth-order valence-electron chi connectivity index (χ4n) is 3.35. The van der Waals surface area contributed by atoms with Crippen molar-refractivity contribution in [1.29, 1.82) is 0 Å². The molecule has 1 aliphatic rings. The zero-order valence-electron chi connectivity index (χ0n) is 13.6. The lowest BCUT2D eigenvalue weighted by Crippen LogP contribution is -2.12. The Hall–Kier alpha value is -3.22. The molecule has 126 valence electrons. The van der Waals surface area contributed by atoms with E-state index in [2.05, 4.69) is 20.3 Å². The van der Waals surface area contributed by atoms with Gasteiger partial charge in [0.05, 0.1) is 24.4 Å². The highest BCUT2D eigenvalue weighted by Gasteiger charge is 2.35. The van der Waals surface area contributed by atoms with E-state index in [9.17, 15) is 9.90 Å². The molecule has 2 heterocycles. The van der Waals surface area contributed by atoms with Crippen LogP contribution in [0.4, 0.5) is 5.82 Å². The average molecular weight is 335 g/mol.